The minimum absolute atomic E-state index is 0.275. The van der Waals surface area contributed by atoms with Gasteiger partial charge in [0.15, 0.2) is 5.65 Å². The third-order valence-electron chi connectivity index (χ3n) is 3.56. The molecule has 0 aliphatic carbocycles. The highest BCUT2D eigenvalue weighted by atomic mass is 19.4. The van der Waals surface area contributed by atoms with Crippen LogP contribution in [0.25, 0.3) is 33.2 Å². The van der Waals surface area contributed by atoms with Gasteiger partial charge >= 0.3 is 11.9 Å². The van der Waals surface area contributed by atoms with Gasteiger partial charge in [-0.2, -0.15) is 18.3 Å². The Balaban J connectivity index is 2.01. The van der Waals surface area contributed by atoms with Gasteiger partial charge in [0.2, 0.25) is 0 Å². The number of H-pyrrole nitrogens is 3. The summed E-state index contributed by atoms with van der Waals surface area (Å²) in [5, 5.41) is 6.89. The Morgan fingerprint density at radius 1 is 1.00 bits per heavy atom. The first-order valence-corrected chi connectivity index (χ1v) is 6.54. The third-order valence-corrected chi connectivity index (χ3v) is 3.56. The van der Waals surface area contributed by atoms with Crippen LogP contribution in [0.1, 0.15) is 5.56 Å². The number of benzene rings is 1. The summed E-state index contributed by atoms with van der Waals surface area (Å²) in [5.41, 5.74) is 0.604. The Kier molecular flexibility index (Phi) is 2.62. The van der Waals surface area contributed by atoms with E-state index in [1.807, 2.05) is 0 Å². The molecule has 0 fully saturated rings. The van der Waals surface area contributed by atoms with Crippen LogP contribution < -0.4 is 5.69 Å². The molecule has 0 saturated heterocycles. The lowest BCUT2D eigenvalue weighted by atomic mass is 10.00. The molecular formula is C14H8F3N5O. The molecule has 6 nitrogen and oxygen atoms in total. The Hall–Kier alpha value is -3.10. The molecule has 4 aromatic rings. The number of nitrogens with zero attached hydrogens (tertiary/aromatic N) is 2. The number of pyridine rings is 1. The third kappa shape index (κ3) is 2.17. The lowest BCUT2D eigenvalue weighted by Crippen LogP contribution is -2.05. The van der Waals surface area contributed by atoms with Crippen LogP contribution in [0.4, 0.5) is 13.2 Å². The summed E-state index contributed by atoms with van der Waals surface area (Å²) in [6.45, 7) is 0. The van der Waals surface area contributed by atoms with Gasteiger partial charge in [-0.3, -0.25) is 10.1 Å². The molecule has 0 unspecified atom stereocenters. The van der Waals surface area contributed by atoms with Crippen molar-refractivity contribution in [1.29, 1.82) is 0 Å². The molecule has 3 aromatic heterocycles. The maximum absolute atomic E-state index is 13.1. The number of aromatic amines is 3. The maximum Gasteiger partial charge on any atom is 0.416 e. The molecule has 3 N–H and O–H groups in total. The Labute approximate surface area is 125 Å². The standard InChI is InChI=1S/C14H8F3N5O/c15-14(16,17)7-2-8(9-5-19-22-10(9)3-7)6-1-11-12(18-4-6)21-13(23)20-11/h1-5H,(H,19,22)(H2,18,20,21,23). The molecule has 0 aliphatic rings. The topological polar surface area (TPSA) is 90.2 Å². The zero-order valence-electron chi connectivity index (χ0n) is 11.3. The number of nitrogens with one attached hydrogen (secondary N) is 3. The fraction of sp³-hybridized carbons (Fsp3) is 0.0714. The van der Waals surface area contributed by atoms with Crippen LogP contribution >= 0.6 is 0 Å². The van der Waals surface area contributed by atoms with E-state index < -0.39 is 17.4 Å². The van der Waals surface area contributed by atoms with Crippen molar-refractivity contribution in [2.45, 2.75) is 6.18 Å². The second-order valence-corrected chi connectivity index (χ2v) is 5.05. The van der Waals surface area contributed by atoms with Crippen molar-refractivity contribution in [2.24, 2.45) is 0 Å². The quantitative estimate of drug-likeness (QED) is 0.504. The summed E-state index contributed by atoms with van der Waals surface area (Å²) in [6.07, 6.45) is -1.61. The molecule has 0 saturated carbocycles. The zero-order chi connectivity index (χ0) is 16.2. The summed E-state index contributed by atoms with van der Waals surface area (Å²) in [6, 6.07) is 3.63. The number of hydrogen-bond acceptors (Lipinski definition) is 3. The summed E-state index contributed by atoms with van der Waals surface area (Å²) in [5.74, 6) is 0. The molecule has 0 bridgehead atoms. The van der Waals surface area contributed by atoms with Crippen LogP contribution in [-0.4, -0.2) is 25.1 Å². The fourth-order valence-corrected chi connectivity index (χ4v) is 2.52. The van der Waals surface area contributed by atoms with E-state index in [0.29, 0.717) is 27.7 Å². The second kappa shape index (κ2) is 4.45. The lowest BCUT2D eigenvalue weighted by Gasteiger charge is -2.10. The first kappa shape index (κ1) is 13.6. The summed E-state index contributed by atoms with van der Waals surface area (Å²) in [4.78, 5) is 20.4. The maximum atomic E-state index is 13.1. The van der Waals surface area contributed by atoms with Crippen molar-refractivity contribution in [1.82, 2.24) is 25.1 Å². The van der Waals surface area contributed by atoms with E-state index in [1.165, 1.54) is 12.4 Å². The molecule has 23 heavy (non-hydrogen) atoms. The Bertz CT molecular complexity index is 1090. The SMILES string of the molecule is O=c1[nH]c2cc(-c3cc(C(F)(F)F)cc4[nH]ncc34)cnc2[nH]1. The molecule has 9 heteroatoms. The van der Waals surface area contributed by atoms with Crippen molar-refractivity contribution in [2.75, 3.05) is 0 Å². The first-order valence-electron chi connectivity index (χ1n) is 6.54. The minimum Gasteiger partial charge on any atom is -0.304 e. The number of imidazole rings is 1. The Morgan fingerprint density at radius 2 is 1.83 bits per heavy atom. The predicted molar refractivity (Wildman–Crippen MR) is 76.8 cm³/mol. The fourth-order valence-electron chi connectivity index (χ4n) is 2.52. The van der Waals surface area contributed by atoms with Gasteiger partial charge in [0.05, 0.1) is 22.8 Å². The predicted octanol–water partition coefficient (Wildman–Crippen LogP) is 2.81. The van der Waals surface area contributed by atoms with Crippen molar-refractivity contribution < 1.29 is 13.2 Å². The number of fused-ring (bicyclic) bond motifs is 2. The van der Waals surface area contributed by atoms with Gasteiger partial charge in [-0.25, -0.2) is 9.78 Å². The van der Waals surface area contributed by atoms with E-state index in [9.17, 15) is 18.0 Å². The molecule has 0 spiro atoms. The van der Waals surface area contributed by atoms with E-state index >= 15 is 0 Å². The summed E-state index contributed by atoms with van der Waals surface area (Å²) in [7, 11) is 0. The van der Waals surface area contributed by atoms with Crippen LogP contribution in [0, 0.1) is 0 Å². The van der Waals surface area contributed by atoms with Gasteiger partial charge in [0, 0.05) is 17.1 Å². The molecule has 3 heterocycles. The van der Waals surface area contributed by atoms with Crippen molar-refractivity contribution in [3.63, 3.8) is 0 Å². The van der Waals surface area contributed by atoms with Crippen LogP contribution in [-0.2, 0) is 6.18 Å². The second-order valence-electron chi connectivity index (χ2n) is 5.05. The van der Waals surface area contributed by atoms with Crippen molar-refractivity contribution in [3.8, 4) is 11.1 Å². The molecule has 1 aromatic carbocycles. The Morgan fingerprint density at radius 3 is 2.61 bits per heavy atom. The van der Waals surface area contributed by atoms with Crippen molar-refractivity contribution >= 4 is 22.1 Å². The van der Waals surface area contributed by atoms with Gasteiger partial charge in [-0.1, -0.05) is 0 Å². The lowest BCUT2D eigenvalue weighted by molar-refractivity contribution is -0.137. The number of aromatic nitrogens is 5. The molecular weight excluding hydrogens is 311 g/mol. The van der Waals surface area contributed by atoms with E-state index in [4.69, 9.17) is 0 Å². The minimum atomic E-state index is -4.48. The van der Waals surface area contributed by atoms with Crippen LogP contribution in [0.2, 0.25) is 0 Å². The van der Waals surface area contributed by atoms with Crippen LogP contribution in [0.15, 0.2) is 35.4 Å². The highest BCUT2D eigenvalue weighted by Crippen LogP contribution is 2.36. The normalized spacial score (nSPS) is 12.3. The molecule has 0 radical (unpaired) electrons. The van der Waals surface area contributed by atoms with Gasteiger partial charge in [0.1, 0.15) is 0 Å². The highest BCUT2D eigenvalue weighted by Gasteiger charge is 2.31. The molecule has 4 rings (SSSR count). The average molecular weight is 319 g/mol. The van der Waals surface area contributed by atoms with Gasteiger partial charge in [0.25, 0.3) is 0 Å². The number of halogens is 3. The van der Waals surface area contributed by atoms with Crippen LogP contribution in [0.5, 0.6) is 0 Å². The summed E-state index contributed by atoms with van der Waals surface area (Å²) >= 11 is 0. The van der Waals surface area contributed by atoms with E-state index in [-0.39, 0.29) is 5.52 Å². The monoisotopic (exact) mass is 319 g/mol. The molecule has 0 aliphatic heterocycles. The smallest absolute Gasteiger partial charge is 0.304 e. The van der Waals surface area contributed by atoms with Gasteiger partial charge in [-0.15, -0.1) is 0 Å². The molecule has 116 valence electrons. The van der Waals surface area contributed by atoms with Crippen LogP contribution in [0.3, 0.4) is 0 Å². The van der Waals surface area contributed by atoms with Gasteiger partial charge < -0.3 is 4.98 Å². The van der Waals surface area contributed by atoms with E-state index in [0.717, 1.165) is 12.1 Å². The van der Waals surface area contributed by atoms with Crippen molar-refractivity contribution in [3.05, 3.63) is 46.6 Å². The molecule has 0 amide bonds. The number of hydrogen-bond donors (Lipinski definition) is 3. The largest absolute Gasteiger partial charge is 0.416 e. The highest BCUT2D eigenvalue weighted by molar-refractivity contribution is 5.96. The summed E-state index contributed by atoms with van der Waals surface area (Å²) < 4.78 is 39.2. The molecule has 0 atom stereocenters. The van der Waals surface area contributed by atoms with E-state index in [2.05, 4.69) is 25.1 Å². The van der Waals surface area contributed by atoms with Gasteiger partial charge in [-0.05, 0) is 23.8 Å². The first-order chi connectivity index (χ1) is 10.9. The average Bonchev–Trinajstić information content (AvgIpc) is 3.08. The van der Waals surface area contributed by atoms with E-state index in [1.54, 1.807) is 6.07 Å². The zero-order valence-corrected chi connectivity index (χ0v) is 11.3. The number of alkyl halides is 3. The number of rotatable bonds is 1.